The van der Waals surface area contributed by atoms with Crippen molar-refractivity contribution in [1.82, 2.24) is 4.90 Å². The summed E-state index contributed by atoms with van der Waals surface area (Å²) >= 11 is 6.75. The van der Waals surface area contributed by atoms with E-state index in [2.05, 4.69) is 31.0 Å². The molecule has 8 heteroatoms. The Morgan fingerprint density at radius 1 is 1.04 bits per heavy atom. The molecule has 1 atom stereocenters. The number of primary amides is 1. The summed E-state index contributed by atoms with van der Waals surface area (Å²) in [4.78, 5) is 32.9. The molecule has 6 nitrogen and oxygen atoms in total. The summed E-state index contributed by atoms with van der Waals surface area (Å²) in [5.74, 6) is -0.0173. The lowest BCUT2D eigenvalue weighted by Gasteiger charge is -2.19. The number of ether oxygens (including phenoxy) is 1. The second kappa shape index (κ2) is 16.5. The van der Waals surface area contributed by atoms with E-state index in [1.54, 1.807) is 4.90 Å². The number of nitrogens with zero attached hydrogens (tertiary/aromatic N) is 1. The monoisotopic (exact) mass is 416 g/mol. The molecule has 1 aromatic carbocycles. The van der Waals surface area contributed by atoms with Crippen molar-refractivity contribution in [2.24, 2.45) is 11.7 Å². The van der Waals surface area contributed by atoms with Crippen molar-refractivity contribution in [1.29, 1.82) is 0 Å². The Bertz CT molecular complexity index is 546. The minimum atomic E-state index is -0.639. The van der Waals surface area contributed by atoms with Gasteiger partial charge >= 0.3 is 5.97 Å². The molecule has 1 unspecified atom stereocenters. The number of rotatable bonds is 6. The molecule has 154 valence electrons. The number of nitrogens with two attached hydrogens (primary N) is 1. The van der Waals surface area contributed by atoms with Gasteiger partial charge in [-0.3, -0.25) is 14.4 Å². The quantitative estimate of drug-likeness (QED) is 0.475. The maximum Gasteiger partial charge on any atom is 0.313 e. The number of esters is 1. The van der Waals surface area contributed by atoms with Crippen molar-refractivity contribution in [3.05, 3.63) is 35.9 Å². The SMILES string of the molecule is CCN(CC)C(=O)S.CCOC(=O)C(c1ccccc1)C(C)C.NC(=O)S. The lowest BCUT2D eigenvalue weighted by molar-refractivity contribution is -0.146. The van der Waals surface area contributed by atoms with E-state index >= 15 is 0 Å². The molecule has 0 saturated carbocycles. The summed E-state index contributed by atoms with van der Waals surface area (Å²) in [5.41, 5.74) is 5.37. The van der Waals surface area contributed by atoms with Crippen LogP contribution in [0.2, 0.25) is 0 Å². The first-order chi connectivity index (χ1) is 12.6. The Hall–Kier alpha value is -1.67. The predicted molar refractivity (Wildman–Crippen MR) is 117 cm³/mol. The summed E-state index contributed by atoms with van der Waals surface area (Å²) in [7, 11) is 0. The lowest BCUT2D eigenvalue weighted by Crippen LogP contribution is -2.24. The zero-order valence-electron chi connectivity index (χ0n) is 16.7. The Balaban J connectivity index is 0. The third-order valence-corrected chi connectivity index (χ3v) is 3.68. The van der Waals surface area contributed by atoms with Crippen LogP contribution in [-0.4, -0.2) is 41.0 Å². The van der Waals surface area contributed by atoms with E-state index in [-0.39, 0.29) is 23.0 Å². The molecule has 2 amide bonds. The van der Waals surface area contributed by atoms with Crippen LogP contribution in [0.5, 0.6) is 0 Å². The molecule has 0 saturated heterocycles. The first kappa shape index (κ1) is 27.5. The molecular formula is C19H32N2O4S2. The smallest absolute Gasteiger partial charge is 0.313 e. The van der Waals surface area contributed by atoms with Crippen LogP contribution in [0.4, 0.5) is 9.59 Å². The molecule has 0 aromatic heterocycles. The van der Waals surface area contributed by atoms with Crippen LogP contribution < -0.4 is 5.73 Å². The lowest BCUT2D eigenvalue weighted by atomic mass is 9.88. The molecule has 0 aliphatic heterocycles. The number of carbonyl (C=O) groups is 3. The van der Waals surface area contributed by atoms with Crippen molar-refractivity contribution in [2.75, 3.05) is 19.7 Å². The molecule has 0 fully saturated rings. The van der Waals surface area contributed by atoms with Crippen LogP contribution in [0.15, 0.2) is 30.3 Å². The van der Waals surface area contributed by atoms with Gasteiger partial charge in [-0.1, -0.05) is 69.4 Å². The van der Waals surface area contributed by atoms with Gasteiger partial charge in [0.2, 0.25) is 0 Å². The van der Waals surface area contributed by atoms with Gasteiger partial charge in [-0.25, -0.2) is 0 Å². The van der Waals surface area contributed by atoms with Crippen molar-refractivity contribution < 1.29 is 19.1 Å². The molecule has 2 N–H and O–H groups in total. The van der Waals surface area contributed by atoms with Crippen LogP contribution in [-0.2, 0) is 9.53 Å². The molecule has 0 aliphatic carbocycles. The van der Waals surface area contributed by atoms with Gasteiger partial charge < -0.3 is 15.4 Å². The summed E-state index contributed by atoms with van der Waals surface area (Å²) < 4.78 is 5.08. The first-order valence-corrected chi connectivity index (χ1v) is 9.69. The average Bonchev–Trinajstić information content (AvgIpc) is 2.56. The Kier molecular flexibility index (Phi) is 16.8. The fraction of sp³-hybridized carbons (Fsp3) is 0.526. The van der Waals surface area contributed by atoms with Gasteiger partial charge in [0.15, 0.2) is 0 Å². The molecule has 0 bridgehead atoms. The minimum Gasteiger partial charge on any atom is -0.466 e. The van der Waals surface area contributed by atoms with E-state index in [4.69, 9.17) is 9.53 Å². The minimum absolute atomic E-state index is 0.126. The normalized spacial score (nSPS) is 10.5. The van der Waals surface area contributed by atoms with Crippen molar-refractivity contribution in [3.8, 4) is 0 Å². The van der Waals surface area contributed by atoms with E-state index in [0.717, 1.165) is 18.7 Å². The van der Waals surface area contributed by atoms with Crippen molar-refractivity contribution in [3.63, 3.8) is 0 Å². The van der Waals surface area contributed by atoms with Crippen molar-refractivity contribution in [2.45, 2.75) is 40.5 Å². The van der Waals surface area contributed by atoms with Gasteiger partial charge in [-0.15, -0.1) is 0 Å². The van der Waals surface area contributed by atoms with E-state index in [9.17, 15) is 9.59 Å². The third kappa shape index (κ3) is 14.1. The molecular weight excluding hydrogens is 384 g/mol. The Morgan fingerprint density at radius 2 is 1.48 bits per heavy atom. The van der Waals surface area contributed by atoms with Gasteiger partial charge in [0, 0.05) is 13.1 Å². The van der Waals surface area contributed by atoms with Crippen LogP contribution >= 0.6 is 25.3 Å². The van der Waals surface area contributed by atoms with Gasteiger partial charge in [-0.05, 0) is 32.3 Å². The number of carbonyl (C=O) groups excluding carboxylic acids is 3. The average molecular weight is 417 g/mol. The maximum atomic E-state index is 11.8. The molecule has 0 radical (unpaired) electrons. The largest absolute Gasteiger partial charge is 0.466 e. The van der Waals surface area contributed by atoms with Crippen molar-refractivity contribution >= 4 is 41.7 Å². The molecule has 1 rings (SSSR count). The van der Waals surface area contributed by atoms with Gasteiger partial charge in [0.05, 0.1) is 12.5 Å². The van der Waals surface area contributed by atoms with Crippen LogP contribution in [0, 0.1) is 5.92 Å². The Morgan fingerprint density at radius 3 is 1.74 bits per heavy atom. The number of hydrogen-bond acceptors (Lipinski definition) is 4. The van der Waals surface area contributed by atoms with Crippen LogP contribution in [0.25, 0.3) is 0 Å². The Labute approximate surface area is 173 Å². The number of hydrogen-bond donors (Lipinski definition) is 3. The summed E-state index contributed by atoms with van der Waals surface area (Å²) in [5, 5.41) is -0.782. The fourth-order valence-electron chi connectivity index (χ4n) is 2.18. The first-order valence-electron chi connectivity index (χ1n) is 8.79. The zero-order chi connectivity index (χ0) is 21.4. The highest BCUT2D eigenvalue weighted by Crippen LogP contribution is 2.25. The second-order valence-corrected chi connectivity index (χ2v) is 6.50. The van der Waals surface area contributed by atoms with E-state index < -0.39 is 5.24 Å². The number of benzene rings is 1. The van der Waals surface area contributed by atoms with Crippen LogP contribution in [0.1, 0.15) is 46.1 Å². The zero-order valence-corrected chi connectivity index (χ0v) is 18.5. The standard InChI is InChI=1S/C13H18O2.C5H11NOS.CH3NOS/c1-4-15-13(14)12(10(2)3)11-8-6-5-7-9-11;1-3-6(4-2)5(7)8;2-1(3)4/h5-10,12H,4H2,1-3H3;3-4H2,1-2H3,(H,7,8);(H3,2,3,4). The highest BCUT2D eigenvalue weighted by atomic mass is 32.1. The molecule has 0 spiro atoms. The molecule has 0 heterocycles. The predicted octanol–water partition coefficient (Wildman–Crippen LogP) is 4.36. The molecule has 0 aliphatic rings. The molecule has 27 heavy (non-hydrogen) atoms. The summed E-state index contributed by atoms with van der Waals surface area (Å²) in [6.45, 7) is 11.7. The van der Waals surface area contributed by atoms with Gasteiger partial charge in [-0.2, -0.15) is 0 Å². The highest BCUT2D eigenvalue weighted by Gasteiger charge is 2.24. The van der Waals surface area contributed by atoms with Gasteiger partial charge in [0.1, 0.15) is 0 Å². The third-order valence-electron chi connectivity index (χ3n) is 3.40. The van der Waals surface area contributed by atoms with E-state index in [1.807, 2.05) is 65.0 Å². The van der Waals surface area contributed by atoms with E-state index in [1.165, 1.54) is 0 Å². The molecule has 1 aromatic rings. The maximum absolute atomic E-state index is 11.8. The number of amides is 2. The second-order valence-electron chi connectivity index (χ2n) is 5.68. The van der Waals surface area contributed by atoms with Gasteiger partial charge in [0.25, 0.3) is 10.5 Å². The highest BCUT2D eigenvalue weighted by molar-refractivity contribution is 7.96. The number of thiol groups is 2. The van der Waals surface area contributed by atoms with E-state index in [0.29, 0.717) is 6.61 Å². The van der Waals surface area contributed by atoms with Crippen LogP contribution in [0.3, 0.4) is 0 Å². The topological polar surface area (TPSA) is 89.7 Å². The summed E-state index contributed by atoms with van der Waals surface area (Å²) in [6.07, 6.45) is 0. The fourth-order valence-corrected chi connectivity index (χ4v) is 2.46. The summed E-state index contributed by atoms with van der Waals surface area (Å²) in [6, 6.07) is 9.79.